The molecule has 2 aromatic carbocycles. The zero-order valence-corrected chi connectivity index (χ0v) is 15.9. The lowest BCUT2D eigenvalue weighted by Gasteiger charge is -2.22. The zero-order valence-electron chi connectivity index (χ0n) is 15.1. The van der Waals surface area contributed by atoms with Gasteiger partial charge in [0.15, 0.2) is 0 Å². The Labute approximate surface area is 170 Å². The van der Waals surface area contributed by atoms with Crippen LogP contribution in [0.25, 0.3) is 10.9 Å². The van der Waals surface area contributed by atoms with E-state index in [1.54, 1.807) is 18.3 Å². The van der Waals surface area contributed by atoms with Crippen LogP contribution >= 0.6 is 11.6 Å². The predicted molar refractivity (Wildman–Crippen MR) is 105 cm³/mol. The maximum Gasteiger partial charge on any atom is 0.410 e. The second-order valence-corrected chi connectivity index (χ2v) is 7.20. The van der Waals surface area contributed by atoms with Crippen LogP contribution in [0.3, 0.4) is 0 Å². The third kappa shape index (κ3) is 3.90. The lowest BCUT2D eigenvalue weighted by atomic mass is 10.2. The summed E-state index contributed by atoms with van der Waals surface area (Å²) in [7, 11) is 0. The molecule has 0 spiro atoms. The predicted octanol–water partition coefficient (Wildman–Crippen LogP) is 3.31. The fraction of sp³-hybridized carbons (Fsp3) is 0.200. The Morgan fingerprint density at radius 1 is 1.31 bits per heavy atom. The number of benzene rings is 2. The molecule has 7 nitrogen and oxygen atoms in total. The van der Waals surface area contributed by atoms with Gasteiger partial charge in [0.2, 0.25) is 0 Å². The van der Waals surface area contributed by atoms with Gasteiger partial charge in [0.05, 0.1) is 0 Å². The van der Waals surface area contributed by atoms with Crippen molar-refractivity contribution in [2.45, 2.75) is 18.8 Å². The van der Waals surface area contributed by atoms with E-state index in [-0.39, 0.29) is 24.5 Å². The number of hydrogen-bond acceptors (Lipinski definition) is 4. The average Bonchev–Trinajstić information content (AvgIpc) is 3.24. The normalized spacial score (nSPS) is 19.0. The number of aromatic nitrogens is 1. The molecule has 0 unspecified atom stereocenters. The molecule has 1 aromatic heterocycles. The monoisotopic (exact) mass is 417 g/mol. The van der Waals surface area contributed by atoms with Crippen molar-refractivity contribution in [3.05, 3.63) is 65.1 Å². The summed E-state index contributed by atoms with van der Waals surface area (Å²) >= 11 is 5.77. The van der Waals surface area contributed by atoms with Crippen LogP contribution in [0.15, 0.2) is 48.7 Å². The summed E-state index contributed by atoms with van der Waals surface area (Å²) < 4.78 is 18.3. The average molecular weight is 418 g/mol. The second-order valence-electron chi connectivity index (χ2n) is 6.76. The molecule has 1 aliphatic heterocycles. The van der Waals surface area contributed by atoms with Crippen LogP contribution in [0.2, 0.25) is 5.02 Å². The number of nitrogens with one attached hydrogen (secondary N) is 2. The molecule has 0 saturated carbocycles. The van der Waals surface area contributed by atoms with Crippen LogP contribution in [-0.2, 0) is 16.1 Å². The molecule has 29 heavy (non-hydrogen) atoms. The zero-order chi connectivity index (χ0) is 20.6. The van der Waals surface area contributed by atoms with Gasteiger partial charge >= 0.3 is 6.09 Å². The fourth-order valence-electron chi connectivity index (χ4n) is 3.30. The SMILES string of the molecule is O=C(NCc1cc(F)cc(Cl)c1)O[C@@]1(O)CCN(c2ccc3cc[nH]c3c2)C1=O. The second kappa shape index (κ2) is 7.38. The minimum absolute atomic E-state index is 0.0756. The van der Waals surface area contributed by atoms with Gasteiger partial charge in [0, 0.05) is 41.9 Å². The minimum atomic E-state index is -2.27. The molecule has 3 N–H and O–H groups in total. The molecular weight excluding hydrogens is 401 g/mol. The number of nitrogens with zero attached hydrogens (tertiary/aromatic N) is 1. The summed E-state index contributed by atoms with van der Waals surface area (Å²) in [5.74, 6) is -3.54. The van der Waals surface area contributed by atoms with Gasteiger partial charge in [-0.25, -0.2) is 9.18 Å². The minimum Gasteiger partial charge on any atom is -0.407 e. The molecule has 4 rings (SSSR count). The number of H-pyrrole nitrogens is 1. The van der Waals surface area contributed by atoms with E-state index < -0.39 is 23.6 Å². The topological polar surface area (TPSA) is 94.7 Å². The van der Waals surface area contributed by atoms with E-state index in [9.17, 15) is 19.1 Å². The molecule has 1 saturated heterocycles. The standard InChI is InChI=1S/C20H17ClFN3O4/c21-14-7-12(8-15(22)9-14)11-24-19(27)29-20(28)4-6-25(18(20)26)16-2-1-13-3-5-23-17(13)10-16/h1-3,5,7-10,23,28H,4,6,11H2,(H,24,27)/t20-/m0/s1. The molecule has 0 bridgehead atoms. The van der Waals surface area contributed by atoms with Gasteiger partial charge in [-0.05, 0) is 47.3 Å². The highest BCUT2D eigenvalue weighted by Gasteiger charge is 2.49. The maximum absolute atomic E-state index is 13.4. The Hall–Kier alpha value is -3.10. The van der Waals surface area contributed by atoms with E-state index in [0.29, 0.717) is 11.3 Å². The Balaban J connectivity index is 1.41. The van der Waals surface area contributed by atoms with Crippen molar-refractivity contribution in [2.75, 3.05) is 11.4 Å². The van der Waals surface area contributed by atoms with Crippen LogP contribution < -0.4 is 10.2 Å². The number of carbonyl (C=O) groups is 2. The third-order valence-electron chi connectivity index (χ3n) is 4.72. The first-order valence-corrected chi connectivity index (χ1v) is 9.25. The number of hydrogen-bond donors (Lipinski definition) is 3. The van der Waals surface area contributed by atoms with Gasteiger partial charge in [0.25, 0.3) is 11.7 Å². The number of aliphatic hydroxyl groups is 1. The van der Waals surface area contributed by atoms with Gasteiger partial charge in [-0.3, -0.25) is 4.79 Å². The van der Waals surface area contributed by atoms with Crippen LogP contribution in [0.1, 0.15) is 12.0 Å². The van der Waals surface area contributed by atoms with Crippen molar-refractivity contribution in [3.8, 4) is 0 Å². The fourth-order valence-corrected chi connectivity index (χ4v) is 3.55. The highest BCUT2D eigenvalue weighted by atomic mass is 35.5. The molecule has 0 radical (unpaired) electrons. The highest BCUT2D eigenvalue weighted by molar-refractivity contribution is 6.30. The molecule has 3 aromatic rings. The number of amides is 2. The number of fused-ring (bicyclic) bond motifs is 1. The van der Waals surface area contributed by atoms with E-state index in [0.717, 1.165) is 17.0 Å². The largest absolute Gasteiger partial charge is 0.410 e. The Morgan fingerprint density at radius 2 is 2.14 bits per heavy atom. The summed E-state index contributed by atoms with van der Waals surface area (Å²) in [6.07, 6.45) is 0.715. The number of ether oxygens (including phenoxy) is 1. The molecule has 0 aliphatic carbocycles. The number of carbonyl (C=O) groups excluding carboxylic acids is 2. The Kier molecular flexibility index (Phi) is 4.89. The smallest absolute Gasteiger partial charge is 0.407 e. The van der Waals surface area contributed by atoms with Crippen molar-refractivity contribution in [3.63, 3.8) is 0 Å². The van der Waals surface area contributed by atoms with Crippen molar-refractivity contribution in [1.29, 1.82) is 0 Å². The number of rotatable bonds is 4. The van der Waals surface area contributed by atoms with E-state index in [4.69, 9.17) is 16.3 Å². The number of anilines is 1. The van der Waals surface area contributed by atoms with E-state index in [1.165, 1.54) is 17.0 Å². The van der Waals surface area contributed by atoms with E-state index >= 15 is 0 Å². The molecule has 1 fully saturated rings. The summed E-state index contributed by atoms with van der Waals surface area (Å²) in [4.78, 5) is 29.2. The van der Waals surface area contributed by atoms with Crippen molar-refractivity contribution in [2.24, 2.45) is 0 Å². The summed E-state index contributed by atoms with van der Waals surface area (Å²) in [5, 5.41) is 14.1. The van der Waals surface area contributed by atoms with Gasteiger partial charge in [-0.1, -0.05) is 17.7 Å². The quantitative estimate of drug-likeness (QED) is 0.567. The van der Waals surface area contributed by atoms with Crippen molar-refractivity contribution >= 4 is 40.2 Å². The first-order valence-electron chi connectivity index (χ1n) is 8.87. The number of halogens is 2. The first kappa shape index (κ1) is 19.2. The summed E-state index contributed by atoms with van der Waals surface area (Å²) in [5.41, 5.74) is 1.84. The van der Waals surface area contributed by atoms with Gasteiger partial charge in [-0.15, -0.1) is 0 Å². The van der Waals surface area contributed by atoms with Gasteiger partial charge in [-0.2, -0.15) is 0 Å². The molecule has 1 aliphatic rings. The highest BCUT2D eigenvalue weighted by Crippen LogP contribution is 2.31. The molecule has 2 heterocycles. The molecule has 9 heteroatoms. The van der Waals surface area contributed by atoms with Gasteiger partial charge in [0.1, 0.15) is 5.82 Å². The van der Waals surface area contributed by atoms with Crippen LogP contribution in [0, 0.1) is 5.82 Å². The summed E-state index contributed by atoms with van der Waals surface area (Å²) in [6.45, 7) is 0.113. The van der Waals surface area contributed by atoms with Crippen LogP contribution in [-0.4, -0.2) is 34.4 Å². The molecule has 150 valence electrons. The summed E-state index contributed by atoms with van der Waals surface area (Å²) in [6, 6.07) is 11.1. The maximum atomic E-state index is 13.4. The third-order valence-corrected chi connectivity index (χ3v) is 4.94. The van der Waals surface area contributed by atoms with Crippen molar-refractivity contribution < 1.29 is 23.8 Å². The lowest BCUT2D eigenvalue weighted by Crippen LogP contribution is -2.46. The van der Waals surface area contributed by atoms with Crippen molar-refractivity contribution in [1.82, 2.24) is 10.3 Å². The van der Waals surface area contributed by atoms with Gasteiger partial charge < -0.3 is 25.0 Å². The van der Waals surface area contributed by atoms with Crippen LogP contribution in [0.5, 0.6) is 0 Å². The number of aromatic amines is 1. The van der Waals surface area contributed by atoms with Crippen LogP contribution in [0.4, 0.5) is 14.9 Å². The first-order chi connectivity index (χ1) is 13.8. The molecule has 2 amide bonds. The lowest BCUT2D eigenvalue weighted by molar-refractivity contribution is -0.175. The Morgan fingerprint density at radius 3 is 2.93 bits per heavy atom. The molecule has 1 atom stereocenters. The number of alkyl carbamates (subject to hydrolysis) is 1. The molecular formula is C20H17ClFN3O4. The Bertz CT molecular complexity index is 1080. The van der Waals surface area contributed by atoms with E-state index in [2.05, 4.69) is 10.3 Å². The van der Waals surface area contributed by atoms with E-state index in [1.807, 2.05) is 12.1 Å².